The molecule has 4 nitrogen and oxygen atoms in total. The number of benzene rings is 1. The maximum Gasteiger partial charge on any atom is 0.0822 e. The second-order valence-corrected chi connectivity index (χ2v) is 3.97. The molecule has 0 bridgehead atoms. The number of aromatic nitrogens is 1. The number of anilines is 2. The van der Waals surface area contributed by atoms with Gasteiger partial charge in [-0.3, -0.25) is 10.4 Å². The molecule has 5 heteroatoms. The summed E-state index contributed by atoms with van der Waals surface area (Å²) in [6.45, 7) is 0. The molecule has 0 atom stereocenters. The number of nitrogen functional groups attached to an aromatic ring is 2. The number of hydrogen-bond donors (Lipinski definition) is 3. The van der Waals surface area contributed by atoms with E-state index in [2.05, 4.69) is 4.98 Å². The number of hydrogen-bond acceptors (Lipinski definition) is 5. The molecule has 0 radical (unpaired) electrons. The smallest absolute Gasteiger partial charge is 0.0822 e. The summed E-state index contributed by atoms with van der Waals surface area (Å²) in [7, 11) is 0. The molecule has 5 N–H and O–H groups in total. The molecule has 0 saturated carbocycles. The summed E-state index contributed by atoms with van der Waals surface area (Å²) in [4.78, 5) is 4.71. The first-order chi connectivity index (χ1) is 7.18. The minimum absolute atomic E-state index is 0.363. The molecule has 1 aromatic carbocycles. The highest BCUT2D eigenvalue weighted by Gasteiger charge is 2.09. The average molecular weight is 218 g/mol. The molecule has 0 spiro atoms. The van der Waals surface area contributed by atoms with Crippen LogP contribution in [-0.4, -0.2) is 10.7 Å². The van der Waals surface area contributed by atoms with Gasteiger partial charge in [0.05, 0.1) is 16.1 Å². The number of nitrogens with zero attached hydrogens (tertiary/aromatic N) is 1. The monoisotopic (exact) mass is 218 g/mol. The Hall–Kier alpha value is -1.88. The lowest BCUT2D eigenvalue weighted by molar-refractivity contribution is 1.40. The van der Waals surface area contributed by atoms with Crippen LogP contribution in [0.5, 0.6) is 0 Å². The van der Waals surface area contributed by atoms with Crippen molar-refractivity contribution >= 4 is 28.4 Å². The Labute approximate surface area is 91.1 Å². The number of rotatable bonds is 2. The van der Waals surface area contributed by atoms with Crippen LogP contribution in [0.25, 0.3) is 0 Å². The molecule has 0 aliphatic heterocycles. The summed E-state index contributed by atoms with van der Waals surface area (Å²) < 4.78 is 0. The van der Waals surface area contributed by atoms with Gasteiger partial charge in [0, 0.05) is 23.1 Å². The Morgan fingerprint density at radius 2 is 2.13 bits per heavy atom. The quantitative estimate of drug-likeness (QED) is 0.529. The first-order valence-corrected chi connectivity index (χ1v) is 5.19. The van der Waals surface area contributed by atoms with E-state index in [0.717, 1.165) is 4.88 Å². The largest absolute Gasteiger partial charge is 0.399 e. The fourth-order valence-corrected chi connectivity index (χ4v) is 1.85. The number of nitrogens with one attached hydrogen (secondary N) is 1. The highest BCUT2D eigenvalue weighted by molar-refractivity contribution is 7.12. The average Bonchev–Trinajstić information content (AvgIpc) is 2.74. The van der Waals surface area contributed by atoms with Crippen LogP contribution in [0.2, 0.25) is 0 Å². The van der Waals surface area contributed by atoms with Gasteiger partial charge in [-0.2, -0.15) is 0 Å². The van der Waals surface area contributed by atoms with Crippen molar-refractivity contribution in [1.82, 2.24) is 4.98 Å². The van der Waals surface area contributed by atoms with Crippen molar-refractivity contribution in [2.45, 2.75) is 0 Å². The molecule has 0 aliphatic carbocycles. The van der Waals surface area contributed by atoms with E-state index in [0.29, 0.717) is 22.6 Å². The summed E-state index contributed by atoms with van der Waals surface area (Å²) >= 11 is 1.41. The van der Waals surface area contributed by atoms with Crippen molar-refractivity contribution in [3.8, 4) is 0 Å². The predicted octanol–water partition coefficient (Wildman–Crippen LogP) is 1.72. The van der Waals surface area contributed by atoms with Crippen molar-refractivity contribution in [3.05, 3.63) is 40.3 Å². The van der Waals surface area contributed by atoms with E-state index in [1.165, 1.54) is 11.3 Å². The zero-order valence-electron chi connectivity index (χ0n) is 7.90. The van der Waals surface area contributed by atoms with E-state index in [9.17, 15) is 0 Å². The van der Waals surface area contributed by atoms with E-state index in [-0.39, 0.29) is 0 Å². The van der Waals surface area contributed by atoms with Crippen molar-refractivity contribution < 1.29 is 0 Å². The van der Waals surface area contributed by atoms with Crippen LogP contribution in [0, 0.1) is 5.41 Å². The Kier molecular flexibility index (Phi) is 2.39. The lowest BCUT2D eigenvalue weighted by Crippen LogP contribution is -2.04. The second-order valence-electron chi connectivity index (χ2n) is 3.09. The fraction of sp³-hybridized carbons (Fsp3) is 0. The first kappa shape index (κ1) is 9.67. The van der Waals surface area contributed by atoms with Gasteiger partial charge in [0.2, 0.25) is 0 Å². The highest BCUT2D eigenvalue weighted by atomic mass is 32.1. The van der Waals surface area contributed by atoms with E-state index in [1.807, 2.05) is 0 Å². The fourth-order valence-electron chi connectivity index (χ4n) is 1.26. The highest BCUT2D eigenvalue weighted by Crippen LogP contribution is 2.20. The molecule has 0 saturated heterocycles. The van der Waals surface area contributed by atoms with Crippen LogP contribution < -0.4 is 11.5 Å². The van der Waals surface area contributed by atoms with Crippen LogP contribution in [0.15, 0.2) is 29.9 Å². The van der Waals surface area contributed by atoms with Crippen LogP contribution >= 0.6 is 11.3 Å². The number of nitrogens with two attached hydrogens (primary N) is 2. The maximum atomic E-state index is 7.96. The van der Waals surface area contributed by atoms with Crippen LogP contribution in [0.4, 0.5) is 11.4 Å². The van der Waals surface area contributed by atoms with Crippen LogP contribution in [0.1, 0.15) is 10.4 Å². The molecule has 2 rings (SSSR count). The third-order valence-corrected chi connectivity index (χ3v) is 2.82. The standard InChI is InChI=1S/C10H10N4S/c11-6-1-2-8(12)7(3-6)10(13)9-4-14-5-15-9/h1-5,13H,11-12H2. The van der Waals surface area contributed by atoms with Crippen molar-refractivity contribution in [2.75, 3.05) is 11.5 Å². The Morgan fingerprint density at radius 3 is 2.80 bits per heavy atom. The normalized spacial score (nSPS) is 10.1. The van der Waals surface area contributed by atoms with E-state index in [4.69, 9.17) is 16.9 Å². The topological polar surface area (TPSA) is 88.8 Å². The van der Waals surface area contributed by atoms with E-state index in [1.54, 1.807) is 29.9 Å². The van der Waals surface area contributed by atoms with Gasteiger partial charge in [-0.25, -0.2) is 0 Å². The summed E-state index contributed by atoms with van der Waals surface area (Å²) in [5.74, 6) is 0. The van der Waals surface area contributed by atoms with Gasteiger partial charge < -0.3 is 11.5 Å². The Morgan fingerprint density at radius 1 is 1.33 bits per heavy atom. The maximum absolute atomic E-state index is 7.96. The minimum Gasteiger partial charge on any atom is -0.399 e. The zero-order valence-corrected chi connectivity index (χ0v) is 8.71. The van der Waals surface area contributed by atoms with Gasteiger partial charge in [-0.05, 0) is 18.2 Å². The first-order valence-electron chi connectivity index (χ1n) is 4.31. The molecule has 2 aromatic rings. The predicted molar refractivity (Wildman–Crippen MR) is 63.3 cm³/mol. The molecule has 0 fully saturated rings. The lowest BCUT2D eigenvalue weighted by Gasteiger charge is -2.06. The molecule has 1 aromatic heterocycles. The van der Waals surface area contributed by atoms with E-state index >= 15 is 0 Å². The minimum atomic E-state index is 0.363. The molecule has 15 heavy (non-hydrogen) atoms. The molecule has 76 valence electrons. The van der Waals surface area contributed by atoms with Gasteiger partial charge >= 0.3 is 0 Å². The Bertz CT molecular complexity index is 490. The summed E-state index contributed by atoms with van der Waals surface area (Å²) in [6, 6.07) is 5.14. The number of thiazole rings is 1. The molecule has 0 unspecified atom stereocenters. The Balaban J connectivity index is 2.46. The van der Waals surface area contributed by atoms with E-state index < -0.39 is 0 Å². The van der Waals surface area contributed by atoms with Crippen molar-refractivity contribution in [3.63, 3.8) is 0 Å². The zero-order chi connectivity index (χ0) is 10.8. The van der Waals surface area contributed by atoms with Gasteiger partial charge in [-0.15, -0.1) is 11.3 Å². The third kappa shape index (κ3) is 1.82. The molecular formula is C10H10N4S. The SMILES string of the molecule is N=C(c1cncs1)c1cc(N)ccc1N. The molecule has 1 heterocycles. The van der Waals surface area contributed by atoms with Gasteiger partial charge in [0.1, 0.15) is 0 Å². The van der Waals surface area contributed by atoms with Crippen LogP contribution in [-0.2, 0) is 0 Å². The summed E-state index contributed by atoms with van der Waals surface area (Å²) in [6.07, 6.45) is 1.65. The van der Waals surface area contributed by atoms with Gasteiger partial charge in [0.25, 0.3) is 0 Å². The molecular weight excluding hydrogens is 208 g/mol. The molecule has 0 aliphatic rings. The van der Waals surface area contributed by atoms with Gasteiger partial charge in [0.15, 0.2) is 0 Å². The summed E-state index contributed by atoms with van der Waals surface area (Å²) in [5, 5.41) is 7.96. The van der Waals surface area contributed by atoms with Crippen molar-refractivity contribution in [1.29, 1.82) is 5.41 Å². The van der Waals surface area contributed by atoms with Crippen molar-refractivity contribution in [2.24, 2.45) is 0 Å². The second kappa shape index (κ2) is 3.70. The van der Waals surface area contributed by atoms with Crippen LogP contribution in [0.3, 0.4) is 0 Å². The lowest BCUT2D eigenvalue weighted by atomic mass is 10.1. The third-order valence-electron chi connectivity index (χ3n) is 2.03. The summed E-state index contributed by atoms with van der Waals surface area (Å²) in [5.41, 5.74) is 15.3. The van der Waals surface area contributed by atoms with Gasteiger partial charge in [-0.1, -0.05) is 0 Å². The molecule has 0 amide bonds.